The van der Waals surface area contributed by atoms with Gasteiger partial charge in [-0.25, -0.2) is 4.79 Å². The van der Waals surface area contributed by atoms with E-state index in [1.807, 2.05) is 5.32 Å². The minimum absolute atomic E-state index is 0.434. The first-order valence-corrected chi connectivity index (χ1v) is 3.42. The van der Waals surface area contributed by atoms with Gasteiger partial charge in [-0.3, -0.25) is 10.4 Å². The zero-order valence-corrected chi connectivity index (χ0v) is 6.94. The Bertz CT molecular complexity index is 332. The van der Waals surface area contributed by atoms with Crippen LogP contribution < -0.4 is 10.6 Å². The predicted molar refractivity (Wildman–Crippen MR) is 39.5 cm³/mol. The van der Waals surface area contributed by atoms with Gasteiger partial charge in [0.05, 0.1) is 0 Å². The van der Waals surface area contributed by atoms with Crippen LogP contribution in [0.1, 0.15) is 5.82 Å². The molecule has 78 valence electrons. The number of urea groups is 1. The van der Waals surface area contributed by atoms with Crippen LogP contribution in [0.3, 0.4) is 0 Å². The predicted octanol–water partition coefficient (Wildman–Crippen LogP) is 0.575. The van der Waals surface area contributed by atoms with Gasteiger partial charge in [-0.05, 0) is 0 Å². The van der Waals surface area contributed by atoms with Crippen molar-refractivity contribution in [1.29, 1.82) is 0 Å². The van der Waals surface area contributed by atoms with Gasteiger partial charge in [0.15, 0.2) is 0 Å². The second-order valence-electron chi connectivity index (χ2n) is 2.21. The van der Waals surface area contributed by atoms with Crippen LogP contribution in [0.25, 0.3) is 0 Å². The number of aromatic amines is 1. The van der Waals surface area contributed by atoms with Crippen LogP contribution in [0.5, 0.6) is 0 Å². The van der Waals surface area contributed by atoms with Gasteiger partial charge in [-0.2, -0.15) is 18.2 Å². The van der Waals surface area contributed by atoms with Crippen molar-refractivity contribution >= 4 is 12.0 Å². The van der Waals surface area contributed by atoms with E-state index in [-0.39, 0.29) is 0 Å². The lowest BCUT2D eigenvalue weighted by molar-refractivity contribution is -0.144. The number of amides is 2. The topological polar surface area (TPSA) is 82.7 Å². The van der Waals surface area contributed by atoms with Gasteiger partial charge in [0.1, 0.15) is 0 Å². The molecule has 2 amide bonds. The van der Waals surface area contributed by atoms with E-state index in [0.29, 0.717) is 0 Å². The van der Waals surface area contributed by atoms with E-state index in [2.05, 4.69) is 15.4 Å². The summed E-state index contributed by atoms with van der Waals surface area (Å²) < 4.78 is 35.9. The van der Waals surface area contributed by atoms with Gasteiger partial charge in [0.2, 0.25) is 11.8 Å². The third-order valence-electron chi connectivity index (χ3n) is 1.21. The maximum Gasteiger partial charge on any atom is 0.451 e. The lowest BCUT2D eigenvalue weighted by atomic mass is 10.6. The molecule has 0 aliphatic carbocycles. The first kappa shape index (κ1) is 10.3. The van der Waals surface area contributed by atoms with Crippen LogP contribution in [-0.2, 0) is 6.18 Å². The molecule has 0 aliphatic rings. The fourth-order valence-corrected chi connectivity index (χ4v) is 0.609. The van der Waals surface area contributed by atoms with Crippen LogP contribution in [0.15, 0.2) is 0 Å². The van der Waals surface area contributed by atoms with Crippen molar-refractivity contribution in [2.75, 3.05) is 12.4 Å². The lowest BCUT2D eigenvalue weighted by Gasteiger charge is -1.99. The normalized spacial score (nSPS) is 11.1. The summed E-state index contributed by atoms with van der Waals surface area (Å²) in [5.74, 6) is -1.69. The molecule has 0 aliphatic heterocycles. The zero-order valence-electron chi connectivity index (χ0n) is 6.94. The van der Waals surface area contributed by atoms with Crippen LogP contribution in [0, 0.1) is 0 Å². The number of rotatable bonds is 1. The Kier molecular flexibility index (Phi) is 2.58. The van der Waals surface area contributed by atoms with Gasteiger partial charge < -0.3 is 5.32 Å². The summed E-state index contributed by atoms with van der Waals surface area (Å²) in [6.45, 7) is 0. The van der Waals surface area contributed by atoms with E-state index in [4.69, 9.17) is 0 Å². The van der Waals surface area contributed by atoms with Crippen molar-refractivity contribution in [3.05, 3.63) is 5.82 Å². The van der Waals surface area contributed by atoms with Crippen molar-refractivity contribution in [1.82, 2.24) is 20.5 Å². The molecule has 14 heavy (non-hydrogen) atoms. The molecular weight excluding hydrogens is 203 g/mol. The number of carbonyl (C=O) groups is 1. The minimum Gasteiger partial charge on any atom is -0.341 e. The second kappa shape index (κ2) is 3.52. The number of carbonyl (C=O) groups excluding carboxylic acids is 1. The average molecular weight is 209 g/mol. The summed E-state index contributed by atoms with van der Waals surface area (Å²) in [5.41, 5.74) is 0. The molecule has 0 aromatic carbocycles. The Balaban J connectivity index is 2.74. The lowest BCUT2D eigenvalue weighted by Crippen LogP contribution is -2.25. The largest absolute Gasteiger partial charge is 0.451 e. The van der Waals surface area contributed by atoms with Gasteiger partial charge in [-0.1, -0.05) is 0 Å². The minimum atomic E-state index is -4.60. The number of halogens is 3. The molecule has 1 aromatic heterocycles. The SMILES string of the molecule is CNC(=O)Nc1n[nH]c(C(F)(F)F)n1. The van der Waals surface area contributed by atoms with Gasteiger partial charge in [0.25, 0.3) is 0 Å². The second-order valence-corrected chi connectivity index (χ2v) is 2.21. The summed E-state index contributed by atoms with van der Waals surface area (Å²) in [6.07, 6.45) is -4.60. The molecule has 9 heteroatoms. The summed E-state index contributed by atoms with van der Waals surface area (Å²) in [6, 6.07) is -0.697. The number of anilines is 1. The number of hydrogen-bond donors (Lipinski definition) is 3. The molecule has 1 heterocycles. The molecule has 0 spiro atoms. The Morgan fingerprint density at radius 1 is 1.50 bits per heavy atom. The van der Waals surface area contributed by atoms with Crippen LogP contribution in [0.4, 0.5) is 23.9 Å². The van der Waals surface area contributed by atoms with Gasteiger partial charge >= 0.3 is 12.2 Å². The first-order valence-electron chi connectivity index (χ1n) is 3.42. The van der Waals surface area contributed by atoms with E-state index in [1.54, 1.807) is 5.10 Å². The Morgan fingerprint density at radius 3 is 2.57 bits per heavy atom. The molecule has 0 bridgehead atoms. The van der Waals surface area contributed by atoms with Gasteiger partial charge in [0, 0.05) is 7.05 Å². The highest BCUT2D eigenvalue weighted by Crippen LogP contribution is 2.26. The maximum atomic E-state index is 12.0. The number of nitrogens with zero attached hydrogens (tertiary/aromatic N) is 2. The molecule has 0 radical (unpaired) electrons. The summed E-state index contributed by atoms with van der Waals surface area (Å²) in [7, 11) is 1.31. The summed E-state index contributed by atoms with van der Waals surface area (Å²) >= 11 is 0. The van der Waals surface area contributed by atoms with Crippen molar-refractivity contribution < 1.29 is 18.0 Å². The van der Waals surface area contributed by atoms with Crippen LogP contribution >= 0.6 is 0 Å². The third kappa shape index (κ3) is 2.34. The third-order valence-corrected chi connectivity index (χ3v) is 1.21. The molecule has 0 saturated carbocycles. The molecule has 1 rings (SSSR count). The highest BCUT2D eigenvalue weighted by Gasteiger charge is 2.35. The molecule has 0 unspecified atom stereocenters. The molecule has 3 N–H and O–H groups in total. The van der Waals surface area contributed by atoms with E-state index >= 15 is 0 Å². The molecule has 0 fully saturated rings. The molecule has 0 saturated heterocycles. The average Bonchev–Trinajstić information content (AvgIpc) is 2.51. The van der Waals surface area contributed by atoms with E-state index in [9.17, 15) is 18.0 Å². The maximum absolute atomic E-state index is 12.0. The van der Waals surface area contributed by atoms with E-state index < -0.39 is 24.0 Å². The first-order chi connectivity index (χ1) is 6.43. The van der Waals surface area contributed by atoms with Crippen molar-refractivity contribution in [3.8, 4) is 0 Å². The Labute approximate surface area is 75.9 Å². The molecular formula is C5H6F3N5O. The highest BCUT2D eigenvalue weighted by molar-refractivity contribution is 5.86. The summed E-state index contributed by atoms with van der Waals surface area (Å²) in [4.78, 5) is 13.6. The number of aromatic nitrogens is 3. The van der Waals surface area contributed by atoms with E-state index in [1.165, 1.54) is 7.05 Å². The zero-order chi connectivity index (χ0) is 10.8. The van der Waals surface area contributed by atoms with Crippen molar-refractivity contribution in [2.24, 2.45) is 0 Å². The van der Waals surface area contributed by atoms with Crippen LogP contribution in [-0.4, -0.2) is 28.3 Å². The van der Waals surface area contributed by atoms with Gasteiger partial charge in [-0.15, -0.1) is 5.10 Å². The van der Waals surface area contributed by atoms with Crippen LogP contribution in [0.2, 0.25) is 0 Å². The smallest absolute Gasteiger partial charge is 0.341 e. The molecule has 6 nitrogen and oxygen atoms in total. The number of alkyl halides is 3. The number of H-pyrrole nitrogens is 1. The van der Waals surface area contributed by atoms with Crippen molar-refractivity contribution in [2.45, 2.75) is 6.18 Å². The fraction of sp³-hybridized carbons (Fsp3) is 0.400. The molecule has 0 atom stereocenters. The molecule has 1 aromatic rings. The Morgan fingerprint density at radius 2 is 2.14 bits per heavy atom. The highest BCUT2D eigenvalue weighted by atomic mass is 19.4. The monoisotopic (exact) mass is 209 g/mol. The number of hydrogen-bond acceptors (Lipinski definition) is 3. The van der Waals surface area contributed by atoms with Crippen molar-refractivity contribution in [3.63, 3.8) is 0 Å². The standard InChI is InChI=1S/C5H6F3N5O/c1-9-4(14)11-3-10-2(12-13-3)5(6,7)8/h1H3,(H3,9,10,11,12,13,14). The summed E-state index contributed by atoms with van der Waals surface area (Å²) in [5, 5.41) is 8.91. The van der Waals surface area contributed by atoms with E-state index in [0.717, 1.165) is 0 Å². The fourth-order valence-electron chi connectivity index (χ4n) is 0.609. The number of nitrogens with one attached hydrogen (secondary N) is 3. The Hall–Kier alpha value is -1.80. The quantitative estimate of drug-likeness (QED) is 0.632.